The molecule has 0 spiro atoms. The van der Waals surface area contributed by atoms with Crippen molar-refractivity contribution in [3.8, 4) is 17.0 Å². The minimum atomic E-state index is -0.0107. The third-order valence-corrected chi connectivity index (χ3v) is 3.97. The van der Waals surface area contributed by atoms with Gasteiger partial charge >= 0.3 is 0 Å². The molecule has 96 valence electrons. The van der Waals surface area contributed by atoms with E-state index < -0.39 is 0 Å². The molecule has 0 saturated carbocycles. The maximum atomic E-state index is 5.85. The molecule has 2 N–H and O–H groups in total. The lowest BCUT2D eigenvalue weighted by Crippen LogP contribution is -2.04. The summed E-state index contributed by atoms with van der Waals surface area (Å²) in [5.41, 5.74) is 10.3. The molecule has 0 fully saturated rings. The van der Waals surface area contributed by atoms with Gasteiger partial charge in [0.25, 0.3) is 0 Å². The van der Waals surface area contributed by atoms with Gasteiger partial charge in [-0.1, -0.05) is 0 Å². The molecule has 4 heteroatoms. The van der Waals surface area contributed by atoms with Crippen LogP contribution >= 0.6 is 11.3 Å². The van der Waals surface area contributed by atoms with Gasteiger partial charge in [0.15, 0.2) is 0 Å². The summed E-state index contributed by atoms with van der Waals surface area (Å²) < 4.78 is 5.32. The van der Waals surface area contributed by atoms with Gasteiger partial charge in [-0.15, -0.1) is 11.3 Å². The number of nitrogens with zero attached hydrogens (tertiary/aromatic N) is 1. The summed E-state index contributed by atoms with van der Waals surface area (Å²) in [6.45, 7) is 6.07. The molecule has 18 heavy (non-hydrogen) atoms. The van der Waals surface area contributed by atoms with Crippen molar-refractivity contribution in [2.45, 2.75) is 26.8 Å². The highest BCUT2D eigenvalue weighted by molar-refractivity contribution is 7.10. The first-order valence-electron chi connectivity index (χ1n) is 5.89. The van der Waals surface area contributed by atoms with Crippen molar-refractivity contribution in [2.75, 3.05) is 7.11 Å². The normalized spacial score (nSPS) is 12.5. The van der Waals surface area contributed by atoms with E-state index in [0.29, 0.717) is 0 Å². The fraction of sp³-hybridized carbons (Fsp3) is 0.357. The molecular formula is C14H18N2OS. The van der Waals surface area contributed by atoms with Gasteiger partial charge in [-0.2, -0.15) is 0 Å². The highest BCUT2D eigenvalue weighted by atomic mass is 32.1. The standard InChI is InChI=1S/C14H18N2OS/c1-8-6-13(17-4)9(2)5-11(8)12-7-18-14(16-12)10(3)15/h5-7,10H,15H2,1-4H3. The van der Waals surface area contributed by atoms with Crippen LogP contribution in [0.2, 0.25) is 0 Å². The highest BCUT2D eigenvalue weighted by Crippen LogP contribution is 2.31. The fourth-order valence-corrected chi connectivity index (χ4v) is 2.68. The van der Waals surface area contributed by atoms with Crippen molar-refractivity contribution < 1.29 is 4.74 Å². The molecule has 2 aromatic rings. The van der Waals surface area contributed by atoms with Gasteiger partial charge < -0.3 is 10.5 Å². The average Bonchev–Trinajstić information content (AvgIpc) is 2.81. The molecule has 0 radical (unpaired) electrons. The number of aryl methyl sites for hydroxylation is 2. The molecule has 0 aliphatic rings. The summed E-state index contributed by atoms with van der Waals surface area (Å²) >= 11 is 1.61. The predicted molar refractivity (Wildman–Crippen MR) is 76.2 cm³/mol. The Kier molecular flexibility index (Phi) is 3.68. The van der Waals surface area contributed by atoms with E-state index in [1.807, 2.05) is 13.8 Å². The third-order valence-electron chi connectivity index (χ3n) is 2.93. The van der Waals surface area contributed by atoms with Crippen molar-refractivity contribution in [1.29, 1.82) is 0 Å². The van der Waals surface area contributed by atoms with Crippen LogP contribution in [0.4, 0.5) is 0 Å². The highest BCUT2D eigenvalue weighted by Gasteiger charge is 2.11. The number of hydrogen-bond acceptors (Lipinski definition) is 4. The molecule has 1 heterocycles. The maximum Gasteiger partial charge on any atom is 0.122 e. The first-order valence-corrected chi connectivity index (χ1v) is 6.77. The summed E-state index contributed by atoms with van der Waals surface area (Å²) in [7, 11) is 1.69. The van der Waals surface area contributed by atoms with Crippen LogP contribution in [0, 0.1) is 13.8 Å². The van der Waals surface area contributed by atoms with E-state index in [9.17, 15) is 0 Å². The van der Waals surface area contributed by atoms with E-state index in [0.717, 1.165) is 27.6 Å². The van der Waals surface area contributed by atoms with E-state index in [4.69, 9.17) is 10.5 Å². The van der Waals surface area contributed by atoms with E-state index in [-0.39, 0.29) is 6.04 Å². The Labute approximate surface area is 112 Å². The Hall–Kier alpha value is -1.39. The molecule has 1 unspecified atom stereocenters. The Balaban J connectivity index is 2.46. The van der Waals surface area contributed by atoms with Gasteiger partial charge in [0.2, 0.25) is 0 Å². The number of benzene rings is 1. The molecule has 0 saturated heterocycles. The fourth-order valence-electron chi connectivity index (χ4n) is 1.91. The van der Waals surface area contributed by atoms with Crippen LogP contribution in [-0.4, -0.2) is 12.1 Å². The lowest BCUT2D eigenvalue weighted by atomic mass is 10.0. The van der Waals surface area contributed by atoms with Crippen LogP contribution in [0.15, 0.2) is 17.5 Å². The molecule has 0 aliphatic carbocycles. The van der Waals surface area contributed by atoms with Crippen molar-refractivity contribution in [2.24, 2.45) is 5.73 Å². The molecule has 0 amide bonds. The number of rotatable bonds is 3. The summed E-state index contributed by atoms with van der Waals surface area (Å²) in [5, 5.41) is 3.03. The Morgan fingerprint density at radius 3 is 2.56 bits per heavy atom. The second-order valence-corrected chi connectivity index (χ2v) is 5.39. The predicted octanol–water partition coefficient (Wildman–Crippen LogP) is 3.46. The Bertz CT molecular complexity index is 561. The summed E-state index contributed by atoms with van der Waals surface area (Å²) in [4.78, 5) is 4.59. The molecule has 0 aliphatic heterocycles. The summed E-state index contributed by atoms with van der Waals surface area (Å²) in [5.74, 6) is 0.916. The van der Waals surface area contributed by atoms with Crippen molar-refractivity contribution in [3.05, 3.63) is 33.6 Å². The zero-order chi connectivity index (χ0) is 13.3. The number of nitrogens with two attached hydrogens (primary N) is 1. The summed E-state index contributed by atoms with van der Waals surface area (Å²) in [6, 6.07) is 4.16. The van der Waals surface area contributed by atoms with Crippen molar-refractivity contribution >= 4 is 11.3 Å². The average molecular weight is 262 g/mol. The van der Waals surface area contributed by atoms with Gasteiger partial charge in [-0.3, -0.25) is 0 Å². The number of ether oxygens (including phenoxy) is 1. The third kappa shape index (κ3) is 2.40. The molecular weight excluding hydrogens is 244 g/mol. The lowest BCUT2D eigenvalue weighted by Gasteiger charge is -2.09. The second kappa shape index (κ2) is 5.08. The molecule has 1 aromatic carbocycles. The quantitative estimate of drug-likeness (QED) is 0.921. The van der Waals surface area contributed by atoms with E-state index in [1.54, 1.807) is 18.4 Å². The largest absolute Gasteiger partial charge is 0.496 e. The zero-order valence-electron chi connectivity index (χ0n) is 11.2. The van der Waals surface area contributed by atoms with Crippen molar-refractivity contribution in [1.82, 2.24) is 4.98 Å². The topological polar surface area (TPSA) is 48.1 Å². The zero-order valence-corrected chi connectivity index (χ0v) is 12.0. The molecule has 0 bridgehead atoms. The Morgan fingerprint density at radius 1 is 1.28 bits per heavy atom. The van der Waals surface area contributed by atoms with E-state index >= 15 is 0 Å². The number of aromatic nitrogens is 1. The van der Waals surface area contributed by atoms with E-state index in [2.05, 4.69) is 29.4 Å². The van der Waals surface area contributed by atoms with Crippen LogP contribution in [-0.2, 0) is 0 Å². The monoisotopic (exact) mass is 262 g/mol. The van der Waals surface area contributed by atoms with Gasteiger partial charge in [-0.05, 0) is 44.0 Å². The van der Waals surface area contributed by atoms with Gasteiger partial charge in [0.05, 0.1) is 18.8 Å². The van der Waals surface area contributed by atoms with Crippen LogP contribution in [0.3, 0.4) is 0 Å². The van der Waals surface area contributed by atoms with Gasteiger partial charge in [-0.25, -0.2) is 4.98 Å². The first-order chi connectivity index (χ1) is 8.52. The van der Waals surface area contributed by atoms with Crippen molar-refractivity contribution in [3.63, 3.8) is 0 Å². The SMILES string of the molecule is COc1cc(C)c(-c2csc(C(C)N)n2)cc1C. The minimum Gasteiger partial charge on any atom is -0.496 e. The smallest absolute Gasteiger partial charge is 0.122 e. The van der Waals surface area contributed by atoms with Crippen LogP contribution in [0.25, 0.3) is 11.3 Å². The number of methoxy groups -OCH3 is 1. The number of thiazole rings is 1. The number of hydrogen-bond donors (Lipinski definition) is 1. The molecule has 2 rings (SSSR count). The van der Waals surface area contributed by atoms with Gasteiger partial charge in [0.1, 0.15) is 10.8 Å². The Morgan fingerprint density at radius 2 is 2.00 bits per heavy atom. The van der Waals surface area contributed by atoms with Crippen LogP contribution in [0.5, 0.6) is 5.75 Å². The lowest BCUT2D eigenvalue weighted by molar-refractivity contribution is 0.411. The molecule has 1 atom stereocenters. The second-order valence-electron chi connectivity index (χ2n) is 4.50. The maximum absolute atomic E-state index is 5.85. The van der Waals surface area contributed by atoms with E-state index in [1.165, 1.54) is 5.56 Å². The van der Waals surface area contributed by atoms with Gasteiger partial charge in [0, 0.05) is 10.9 Å². The minimum absolute atomic E-state index is 0.0107. The van der Waals surface area contributed by atoms with Crippen LogP contribution in [0.1, 0.15) is 29.1 Å². The molecule has 3 nitrogen and oxygen atoms in total. The summed E-state index contributed by atoms with van der Waals surface area (Å²) in [6.07, 6.45) is 0. The molecule has 1 aromatic heterocycles. The van der Waals surface area contributed by atoms with Crippen LogP contribution < -0.4 is 10.5 Å². The first kappa shape index (κ1) is 13.1.